The number of carbonyl (C=O) groups is 2. The summed E-state index contributed by atoms with van der Waals surface area (Å²) in [6, 6.07) is 9.31. The van der Waals surface area contributed by atoms with E-state index in [2.05, 4.69) is 17.0 Å². The van der Waals surface area contributed by atoms with Gasteiger partial charge in [0.25, 0.3) is 5.70 Å². The fraction of sp³-hybridized carbons (Fsp3) is 0.321. The van der Waals surface area contributed by atoms with Crippen molar-refractivity contribution in [3.63, 3.8) is 0 Å². The Morgan fingerprint density at radius 3 is 1.32 bits per heavy atom. The van der Waals surface area contributed by atoms with Gasteiger partial charge >= 0.3 is 0 Å². The number of nitrogens with zero attached hydrogens (tertiary/aromatic N) is 4. The Hall–Kier alpha value is -6.70. The fourth-order valence-corrected chi connectivity index (χ4v) is 16.8. The molecule has 0 bridgehead atoms. The van der Waals surface area contributed by atoms with E-state index in [1.807, 2.05) is 30.4 Å². The molecule has 0 aliphatic heterocycles. The number of benzene rings is 2. The molecule has 0 amide bonds. The molecule has 2 aromatic heterocycles. The van der Waals surface area contributed by atoms with Gasteiger partial charge in [-0.1, -0.05) is 57.8 Å². The van der Waals surface area contributed by atoms with Crippen LogP contribution in [0.15, 0.2) is 70.0 Å². The summed E-state index contributed by atoms with van der Waals surface area (Å²) in [6.45, 7) is 7.85. The number of hydrogen-bond acceptors (Lipinski definition) is 7. The third-order valence-corrected chi connectivity index (χ3v) is 18.9. The molecule has 3 fully saturated rings. The molecule has 3 saturated carbocycles. The van der Waals surface area contributed by atoms with Crippen LogP contribution in [0.25, 0.3) is 37.9 Å². The van der Waals surface area contributed by atoms with Crippen molar-refractivity contribution in [1.82, 2.24) is 0 Å². The third-order valence-electron chi connectivity index (χ3n) is 16.5. The lowest BCUT2D eigenvalue weighted by atomic mass is 9.58. The number of allylic oxidation sites excluding steroid dienone is 10. The predicted molar refractivity (Wildman–Crippen MR) is 252 cm³/mol. The number of rotatable bonds is 2. The van der Waals surface area contributed by atoms with Crippen molar-refractivity contribution in [2.75, 3.05) is 0 Å². The molecule has 2 aromatic carbocycles. The molecular formula is C56H38F4N4O2S2. The van der Waals surface area contributed by atoms with Crippen LogP contribution in [0.2, 0.25) is 0 Å². The first-order chi connectivity index (χ1) is 32.9. The summed E-state index contributed by atoms with van der Waals surface area (Å²) in [6.07, 6.45) is 22.3. The van der Waals surface area contributed by atoms with Gasteiger partial charge in [0.2, 0.25) is 0 Å². The molecule has 4 aromatic rings. The highest BCUT2D eigenvalue weighted by Gasteiger charge is 2.58. The van der Waals surface area contributed by atoms with Crippen molar-refractivity contribution in [2.45, 2.75) is 113 Å². The maximum absolute atomic E-state index is 14.8. The number of carbonyl (C=O) groups excluding carboxylic acids is 2. The highest BCUT2D eigenvalue weighted by molar-refractivity contribution is 7.23. The van der Waals surface area contributed by atoms with E-state index in [9.17, 15) is 42.9 Å². The lowest BCUT2D eigenvalue weighted by Gasteiger charge is -2.44. The average Bonchev–Trinajstić information content (AvgIpc) is 4.18. The molecule has 8 aliphatic rings. The van der Waals surface area contributed by atoms with E-state index in [0.717, 1.165) is 141 Å². The van der Waals surface area contributed by atoms with Crippen LogP contribution in [0.1, 0.15) is 160 Å². The molecule has 8 aliphatic carbocycles. The second-order valence-corrected chi connectivity index (χ2v) is 21.6. The molecule has 0 unspecified atom stereocenters. The maximum Gasteiger partial charge on any atom is 0.270 e. The highest BCUT2D eigenvalue weighted by atomic mass is 32.1. The summed E-state index contributed by atoms with van der Waals surface area (Å²) >= 11 is 3.57. The Bertz CT molecular complexity index is 3220. The van der Waals surface area contributed by atoms with Crippen LogP contribution in [0.5, 0.6) is 0 Å². The van der Waals surface area contributed by atoms with Crippen LogP contribution in [-0.4, -0.2) is 11.6 Å². The first kappa shape index (κ1) is 42.6. The van der Waals surface area contributed by atoms with Gasteiger partial charge < -0.3 is 0 Å². The Morgan fingerprint density at radius 2 is 0.926 bits per heavy atom. The average molecular weight is 939 g/mol. The van der Waals surface area contributed by atoms with E-state index in [1.54, 1.807) is 22.7 Å². The summed E-state index contributed by atoms with van der Waals surface area (Å²) in [7, 11) is 0. The molecule has 0 N–H and O–H groups in total. The van der Waals surface area contributed by atoms with Crippen LogP contribution in [0, 0.1) is 63.8 Å². The first-order valence-electron chi connectivity index (χ1n) is 23.3. The molecule has 68 heavy (non-hydrogen) atoms. The Balaban J connectivity index is 1.04. The summed E-state index contributed by atoms with van der Waals surface area (Å²) in [5.74, 6) is -5.78. The molecule has 6 nitrogen and oxygen atoms in total. The summed E-state index contributed by atoms with van der Waals surface area (Å²) in [5, 5.41) is 30.3. The molecule has 2 heterocycles. The number of Topliss-reactive ketones (excluding diaryl/α,β-unsaturated/α-hetero) is 2. The number of ketones is 2. The predicted octanol–water partition coefficient (Wildman–Crippen LogP) is 14.4. The SMILES string of the molecule is [C-]#[N+]/C(C#N)=C1\C(=C/C2=Cc3sc4c(c3C23CCCCC3)C2(CCCCC2)c2c-4sc3c2C2(CCCCC2)C(/C=C2\C(=O)c4cc(F)c(F)cc4C2=C(C#N)C#N)=C3)C(=O)c2cc(F)c(F)cc21. The minimum Gasteiger partial charge on any atom is -0.289 e. The van der Waals surface area contributed by atoms with Gasteiger partial charge in [0.05, 0.1) is 12.6 Å². The van der Waals surface area contributed by atoms with Crippen molar-refractivity contribution in [2.24, 2.45) is 0 Å². The zero-order valence-corrected chi connectivity index (χ0v) is 38.3. The molecule has 12 rings (SSSR count). The molecule has 3 spiro atoms. The van der Waals surface area contributed by atoms with Crippen molar-refractivity contribution in [3.05, 3.63) is 159 Å². The lowest BCUT2D eigenvalue weighted by molar-refractivity contribution is 0.103. The van der Waals surface area contributed by atoms with Crippen LogP contribution in [0.4, 0.5) is 17.6 Å². The van der Waals surface area contributed by atoms with E-state index in [-0.39, 0.29) is 61.2 Å². The molecule has 12 heteroatoms. The molecule has 0 saturated heterocycles. The van der Waals surface area contributed by atoms with Gasteiger partial charge in [-0.3, -0.25) is 9.59 Å². The molecule has 334 valence electrons. The van der Waals surface area contributed by atoms with Gasteiger partial charge in [0, 0.05) is 69.2 Å². The topological polar surface area (TPSA) is 110 Å². The van der Waals surface area contributed by atoms with Crippen LogP contribution >= 0.6 is 22.7 Å². The number of nitriles is 3. The second kappa shape index (κ2) is 15.2. The van der Waals surface area contributed by atoms with E-state index in [1.165, 1.54) is 32.0 Å². The minimum atomic E-state index is -1.18. The first-order valence-corrected chi connectivity index (χ1v) is 25.0. The monoisotopic (exact) mass is 938 g/mol. The summed E-state index contributed by atoms with van der Waals surface area (Å²) in [5.41, 5.74) is 5.39. The fourth-order valence-electron chi connectivity index (χ4n) is 13.7. The zero-order valence-electron chi connectivity index (χ0n) is 36.7. The van der Waals surface area contributed by atoms with Gasteiger partial charge in [-0.25, -0.2) is 27.7 Å². The number of halogens is 4. The largest absolute Gasteiger partial charge is 0.289 e. The smallest absolute Gasteiger partial charge is 0.270 e. The number of thiophene rings is 2. The van der Waals surface area contributed by atoms with E-state index in [4.69, 9.17) is 6.57 Å². The second-order valence-electron chi connectivity index (χ2n) is 19.5. The van der Waals surface area contributed by atoms with Crippen molar-refractivity contribution in [3.8, 4) is 28.0 Å². The molecule has 0 radical (unpaired) electrons. The summed E-state index contributed by atoms with van der Waals surface area (Å²) < 4.78 is 59.0. The maximum atomic E-state index is 14.8. The summed E-state index contributed by atoms with van der Waals surface area (Å²) in [4.78, 5) is 36.8. The lowest BCUT2D eigenvalue weighted by Crippen LogP contribution is -2.37. The standard InChI is InChI=1S/C56H38F4N4O2S2/c1-64-41(27-63)45-32-22-38(58)40(60)24-34(32)51(66)36(45)18-30-20-43-47(55(30)13-7-3-8-14-55)49-53(68-43)52-48(56(49)15-9-4-10-16-56)46-42(67-52)19-29(54(46)11-5-2-6-12-54)17-35-44(28(25-61)26-62)31-21-37(57)39(59)23-33(31)50(35)65/h17-24H,2-16H2/b35-17-,36-18+,45-41-. The van der Waals surface area contributed by atoms with Crippen molar-refractivity contribution in [1.29, 1.82) is 15.8 Å². The Kier molecular flexibility index (Phi) is 9.50. The van der Waals surface area contributed by atoms with Gasteiger partial charge in [0.15, 0.2) is 34.8 Å². The van der Waals surface area contributed by atoms with E-state index >= 15 is 0 Å². The highest BCUT2D eigenvalue weighted by Crippen LogP contribution is 2.71. The van der Waals surface area contributed by atoms with Crippen LogP contribution in [0.3, 0.4) is 0 Å². The zero-order chi connectivity index (χ0) is 47.0. The third kappa shape index (κ3) is 5.51. The quantitative estimate of drug-likeness (QED) is 0.0860. The minimum absolute atomic E-state index is 0.0295. The van der Waals surface area contributed by atoms with Crippen molar-refractivity contribution >= 4 is 57.5 Å². The Morgan fingerprint density at radius 1 is 0.544 bits per heavy atom. The van der Waals surface area contributed by atoms with Crippen LogP contribution in [-0.2, 0) is 16.2 Å². The van der Waals surface area contributed by atoms with Gasteiger partial charge in [-0.05, 0) is 132 Å². The number of fused-ring (bicyclic) bond motifs is 13. The Labute approximate surface area is 398 Å². The molecule has 0 atom stereocenters. The number of hydrogen-bond donors (Lipinski definition) is 0. The van der Waals surface area contributed by atoms with E-state index in [0.29, 0.717) is 0 Å². The van der Waals surface area contributed by atoms with Crippen molar-refractivity contribution < 1.29 is 27.2 Å². The molecular weight excluding hydrogens is 901 g/mol. The normalized spacial score (nSPS) is 22.6. The van der Waals surface area contributed by atoms with Gasteiger partial charge in [-0.2, -0.15) is 10.5 Å². The van der Waals surface area contributed by atoms with E-state index < -0.39 is 45.7 Å². The van der Waals surface area contributed by atoms with Crippen LogP contribution < -0.4 is 0 Å². The van der Waals surface area contributed by atoms with Gasteiger partial charge in [0.1, 0.15) is 17.7 Å². The van der Waals surface area contributed by atoms with Gasteiger partial charge in [-0.15, -0.1) is 22.7 Å².